The minimum absolute atomic E-state index is 0.169. The summed E-state index contributed by atoms with van der Waals surface area (Å²) in [7, 11) is 0. The maximum absolute atomic E-state index is 13.0. The first-order valence-corrected chi connectivity index (χ1v) is 10.5. The zero-order chi connectivity index (χ0) is 19.3. The Morgan fingerprint density at radius 1 is 1.11 bits per heavy atom. The number of nitrogens with one attached hydrogen (secondary N) is 1. The Labute approximate surface area is 167 Å². The number of aromatic nitrogens is 4. The minimum atomic E-state index is -0.331. The number of hydrogen-bond donors (Lipinski definition) is 1. The number of anilines is 1. The number of thioether (sulfide) groups is 1. The average Bonchev–Trinajstić information content (AvgIpc) is 3.38. The van der Waals surface area contributed by atoms with Gasteiger partial charge in [-0.2, -0.15) is 0 Å². The van der Waals surface area contributed by atoms with E-state index >= 15 is 0 Å². The van der Waals surface area contributed by atoms with Gasteiger partial charge >= 0.3 is 0 Å². The normalized spacial score (nSPS) is 14.9. The highest BCUT2D eigenvalue weighted by molar-refractivity contribution is 7.99. The minimum Gasteiger partial charge on any atom is -0.325 e. The van der Waals surface area contributed by atoms with Crippen LogP contribution in [0, 0.1) is 5.82 Å². The smallest absolute Gasteiger partial charge is 0.234 e. The molecule has 1 saturated carbocycles. The van der Waals surface area contributed by atoms with E-state index in [2.05, 4.69) is 15.5 Å². The van der Waals surface area contributed by atoms with Crippen LogP contribution in [0.4, 0.5) is 10.1 Å². The van der Waals surface area contributed by atoms with Gasteiger partial charge in [0.2, 0.25) is 11.1 Å². The van der Waals surface area contributed by atoms with Gasteiger partial charge in [-0.3, -0.25) is 9.47 Å². The number of hydrogen-bond acceptors (Lipinski definition) is 4. The third-order valence-electron chi connectivity index (χ3n) is 4.89. The highest BCUT2D eigenvalue weighted by atomic mass is 32.2. The van der Waals surface area contributed by atoms with E-state index in [1.165, 1.54) is 43.2 Å². The highest BCUT2D eigenvalue weighted by Crippen LogP contribution is 2.33. The molecule has 0 atom stereocenters. The van der Waals surface area contributed by atoms with E-state index < -0.39 is 0 Å². The number of amides is 1. The fraction of sp³-hybridized carbons (Fsp3) is 0.350. The molecular weight excluding hydrogens is 377 g/mol. The van der Waals surface area contributed by atoms with Gasteiger partial charge in [0, 0.05) is 24.0 Å². The number of nitrogens with zero attached hydrogens (tertiary/aromatic N) is 4. The lowest BCUT2D eigenvalue weighted by atomic mass is 9.89. The van der Waals surface area contributed by atoms with Gasteiger partial charge in [-0.05, 0) is 49.2 Å². The predicted molar refractivity (Wildman–Crippen MR) is 107 cm³/mol. The summed E-state index contributed by atoms with van der Waals surface area (Å²) in [6.45, 7) is 0. The number of carbonyl (C=O) groups is 1. The molecule has 2 aromatic heterocycles. The molecule has 0 aliphatic heterocycles. The van der Waals surface area contributed by atoms with Crippen LogP contribution in [0.5, 0.6) is 0 Å². The molecule has 4 rings (SSSR count). The van der Waals surface area contributed by atoms with Crippen molar-refractivity contribution in [3.63, 3.8) is 0 Å². The second-order valence-electron chi connectivity index (χ2n) is 6.89. The summed E-state index contributed by atoms with van der Waals surface area (Å²) in [6.07, 6.45) is 9.86. The predicted octanol–water partition coefficient (Wildman–Crippen LogP) is 4.31. The van der Waals surface area contributed by atoms with Crippen molar-refractivity contribution in [2.24, 2.45) is 0 Å². The molecule has 3 aromatic rings. The molecular formula is C20H22FN5OS. The van der Waals surface area contributed by atoms with Crippen LogP contribution in [0.3, 0.4) is 0 Å². The molecule has 0 unspecified atom stereocenters. The van der Waals surface area contributed by atoms with E-state index in [9.17, 15) is 9.18 Å². The Bertz CT molecular complexity index is 917. The second kappa shape index (κ2) is 8.60. The maximum atomic E-state index is 13.0. The van der Waals surface area contributed by atoms with Crippen molar-refractivity contribution in [1.82, 2.24) is 19.5 Å². The summed E-state index contributed by atoms with van der Waals surface area (Å²) < 4.78 is 17.0. The summed E-state index contributed by atoms with van der Waals surface area (Å²) in [5.74, 6) is 1.05. The number of carbonyl (C=O) groups excluding carboxylic acids is 1. The van der Waals surface area contributed by atoms with Crippen molar-refractivity contribution in [3.8, 4) is 0 Å². The molecule has 0 spiro atoms. The lowest BCUT2D eigenvalue weighted by Crippen LogP contribution is -2.18. The molecule has 1 N–H and O–H groups in total. The molecule has 0 saturated heterocycles. The molecule has 1 aromatic carbocycles. The SMILES string of the molecule is O=C(CSc1nnc(C2CCCCC2)n1-n1cccc1)Nc1ccc(F)cc1. The van der Waals surface area contributed by atoms with E-state index in [-0.39, 0.29) is 17.5 Å². The summed E-state index contributed by atoms with van der Waals surface area (Å²) in [5, 5.41) is 12.3. The summed E-state index contributed by atoms with van der Waals surface area (Å²) in [5.41, 5.74) is 0.571. The molecule has 2 heterocycles. The quantitative estimate of drug-likeness (QED) is 0.628. The lowest BCUT2D eigenvalue weighted by Gasteiger charge is -2.22. The summed E-state index contributed by atoms with van der Waals surface area (Å²) in [6, 6.07) is 9.65. The number of halogens is 1. The Hall–Kier alpha value is -2.61. The fourth-order valence-corrected chi connectivity index (χ4v) is 4.26. The van der Waals surface area contributed by atoms with E-state index in [0.717, 1.165) is 18.7 Å². The fourth-order valence-electron chi connectivity index (χ4n) is 3.52. The van der Waals surface area contributed by atoms with Gasteiger partial charge in [0.15, 0.2) is 5.82 Å². The maximum Gasteiger partial charge on any atom is 0.234 e. The van der Waals surface area contributed by atoms with Crippen molar-refractivity contribution in [2.75, 3.05) is 11.1 Å². The molecule has 0 radical (unpaired) electrons. The average molecular weight is 399 g/mol. The molecule has 0 bridgehead atoms. The topological polar surface area (TPSA) is 64.7 Å². The molecule has 6 nitrogen and oxygen atoms in total. The van der Waals surface area contributed by atoms with E-state index in [1.54, 1.807) is 12.1 Å². The monoisotopic (exact) mass is 399 g/mol. The second-order valence-corrected chi connectivity index (χ2v) is 7.84. The first-order chi connectivity index (χ1) is 13.7. The van der Waals surface area contributed by atoms with Crippen LogP contribution in [0.2, 0.25) is 0 Å². The Morgan fingerprint density at radius 2 is 1.82 bits per heavy atom. The zero-order valence-corrected chi connectivity index (χ0v) is 16.2. The van der Waals surface area contributed by atoms with Crippen LogP contribution in [0.15, 0.2) is 53.9 Å². The molecule has 146 valence electrons. The van der Waals surface area contributed by atoms with Crippen LogP contribution in [-0.2, 0) is 4.79 Å². The van der Waals surface area contributed by atoms with Gasteiger partial charge in [0.05, 0.1) is 5.75 Å². The van der Waals surface area contributed by atoms with Gasteiger partial charge in [0.1, 0.15) is 5.82 Å². The van der Waals surface area contributed by atoms with Crippen LogP contribution in [0.25, 0.3) is 0 Å². The van der Waals surface area contributed by atoms with Crippen LogP contribution >= 0.6 is 11.8 Å². The standard InChI is InChI=1S/C20H22FN5OS/c21-16-8-10-17(11-9-16)22-18(27)14-28-20-24-23-19(15-6-2-1-3-7-15)26(20)25-12-4-5-13-25/h4-5,8-13,15H,1-3,6-7,14H2,(H,22,27). The largest absolute Gasteiger partial charge is 0.325 e. The number of benzene rings is 1. The van der Waals surface area contributed by atoms with Crippen molar-refractivity contribution in [1.29, 1.82) is 0 Å². The molecule has 1 aliphatic carbocycles. The Morgan fingerprint density at radius 3 is 2.54 bits per heavy atom. The molecule has 1 amide bonds. The van der Waals surface area contributed by atoms with Crippen molar-refractivity contribution < 1.29 is 9.18 Å². The first kappa shape index (κ1) is 18.7. The van der Waals surface area contributed by atoms with Gasteiger partial charge in [-0.25, -0.2) is 9.07 Å². The van der Waals surface area contributed by atoms with E-state index in [4.69, 9.17) is 0 Å². The molecule has 28 heavy (non-hydrogen) atoms. The summed E-state index contributed by atoms with van der Waals surface area (Å²) in [4.78, 5) is 12.3. The highest BCUT2D eigenvalue weighted by Gasteiger charge is 2.24. The van der Waals surface area contributed by atoms with Gasteiger partial charge < -0.3 is 5.32 Å². The Kier molecular flexibility index (Phi) is 5.76. The zero-order valence-electron chi connectivity index (χ0n) is 15.4. The van der Waals surface area contributed by atoms with Gasteiger partial charge in [-0.15, -0.1) is 10.2 Å². The van der Waals surface area contributed by atoms with Crippen LogP contribution in [0.1, 0.15) is 43.8 Å². The van der Waals surface area contributed by atoms with Crippen molar-refractivity contribution in [2.45, 2.75) is 43.2 Å². The van der Waals surface area contributed by atoms with Crippen LogP contribution < -0.4 is 5.32 Å². The molecule has 1 fully saturated rings. The van der Waals surface area contributed by atoms with Gasteiger partial charge in [0.25, 0.3) is 0 Å². The molecule has 8 heteroatoms. The lowest BCUT2D eigenvalue weighted by molar-refractivity contribution is -0.113. The third kappa shape index (κ3) is 4.27. The number of rotatable bonds is 6. The summed E-state index contributed by atoms with van der Waals surface area (Å²) >= 11 is 1.34. The third-order valence-corrected chi connectivity index (χ3v) is 5.81. The van der Waals surface area contributed by atoms with E-state index in [0.29, 0.717) is 16.8 Å². The van der Waals surface area contributed by atoms with Crippen molar-refractivity contribution in [3.05, 3.63) is 60.4 Å². The Balaban J connectivity index is 1.48. The first-order valence-electron chi connectivity index (χ1n) is 9.48. The molecule has 1 aliphatic rings. The van der Waals surface area contributed by atoms with Crippen molar-refractivity contribution >= 4 is 23.4 Å². The van der Waals surface area contributed by atoms with E-state index in [1.807, 2.05) is 33.9 Å². The van der Waals surface area contributed by atoms with Gasteiger partial charge in [-0.1, -0.05) is 31.0 Å². The van der Waals surface area contributed by atoms with Crippen LogP contribution in [-0.4, -0.2) is 31.2 Å².